The molecule has 0 spiro atoms. The lowest BCUT2D eigenvalue weighted by Crippen LogP contribution is -2.19. The Labute approximate surface area is 152 Å². The van der Waals surface area contributed by atoms with Crippen LogP contribution in [-0.4, -0.2) is 12.6 Å². The summed E-state index contributed by atoms with van der Waals surface area (Å²) in [5.74, 6) is 1.39. The first-order valence-electron chi connectivity index (χ1n) is 8.43. The second kappa shape index (κ2) is 8.69. The molecule has 0 aliphatic carbocycles. The minimum Gasteiger partial charge on any atom is -0.457 e. The monoisotopic (exact) mass is 347 g/mol. The molecule has 0 heterocycles. The lowest BCUT2D eigenvalue weighted by atomic mass is 10.1. The minimum absolute atomic E-state index is 0.313. The number of rotatable bonds is 6. The van der Waals surface area contributed by atoms with Crippen molar-refractivity contribution in [2.45, 2.75) is 6.42 Å². The zero-order valence-electron chi connectivity index (χ0n) is 14.3. The van der Waals surface area contributed by atoms with Crippen LogP contribution < -0.4 is 21.1 Å². The van der Waals surface area contributed by atoms with Crippen LogP contribution in [0.5, 0.6) is 11.5 Å². The first kappa shape index (κ1) is 17.5. The number of benzene rings is 3. The molecule has 26 heavy (non-hydrogen) atoms. The highest BCUT2D eigenvalue weighted by Gasteiger charge is 2.05. The Kier molecular flexibility index (Phi) is 5.85. The molecule has 132 valence electrons. The largest absolute Gasteiger partial charge is 0.457 e. The van der Waals surface area contributed by atoms with Crippen LogP contribution in [0.4, 0.5) is 16.2 Å². The maximum atomic E-state index is 12.2. The van der Waals surface area contributed by atoms with Crippen molar-refractivity contribution in [2.24, 2.45) is 5.73 Å². The van der Waals surface area contributed by atoms with E-state index >= 15 is 0 Å². The molecule has 0 fully saturated rings. The number of nitrogens with two attached hydrogens (primary N) is 1. The molecule has 0 aromatic heterocycles. The Morgan fingerprint density at radius 3 is 2.19 bits per heavy atom. The van der Waals surface area contributed by atoms with Crippen molar-refractivity contribution in [3.8, 4) is 11.5 Å². The summed E-state index contributed by atoms with van der Waals surface area (Å²) in [7, 11) is 0. The maximum Gasteiger partial charge on any atom is 0.323 e. The first-order chi connectivity index (χ1) is 12.7. The quantitative estimate of drug-likeness (QED) is 0.609. The van der Waals surface area contributed by atoms with Gasteiger partial charge in [-0.15, -0.1) is 0 Å². The highest BCUT2D eigenvalue weighted by atomic mass is 16.5. The number of nitrogens with one attached hydrogen (secondary N) is 2. The number of amides is 2. The third-order valence-electron chi connectivity index (χ3n) is 3.69. The second-order valence-electron chi connectivity index (χ2n) is 5.76. The maximum absolute atomic E-state index is 12.2. The standard InChI is InChI=1S/C21H21N3O2/c22-13-12-16-6-4-7-17(14-16)23-21(25)24-18-8-5-11-20(15-18)26-19-9-2-1-3-10-19/h1-11,14-15H,12-13,22H2,(H2,23,24,25). The molecule has 5 heteroatoms. The summed E-state index contributed by atoms with van der Waals surface area (Å²) in [4.78, 5) is 12.2. The molecule has 4 N–H and O–H groups in total. The van der Waals surface area contributed by atoms with Crippen molar-refractivity contribution in [1.29, 1.82) is 0 Å². The molecule has 0 unspecified atom stereocenters. The molecule has 0 aliphatic heterocycles. The molecule has 0 atom stereocenters. The average molecular weight is 347 g/mol. The van der Waals surface area contributed by atoms with Gasteiger partial charge < -0.3 is 21.1 Å². The summed E-state index contributed by atoms with van der Waals surface area (Å²) < 4.78 is 5.78. The predicted octanol–water partition coefficient (Wildman–Crippen LogP) is 4.62. The molecule has 3 aromatic rings. The van der Waals surface area contributed by atoms with Gasteiger partial charge in [-0.2, -0.15) is 0 Å². The minimum atomic E-state index is -0.313. The van der Waals surface area contributed by atoms with Crippen molar-refractivity contribution in [3.05, 3.63) is 84.4 Å². The number of para-hydroxylation sites is 1. The van der Waals surface area contributed by atoms with Crippen molar-refractivity contribution < 1.29 is 9.53 Å². The fourth-order valence-electron chi connectivity index (χ4n) is 2.53. The van der Waals surface area contributed by atoms with Crippen LogP contribution in [0, 0.1) is 0 Å². The van der Waals surface area contributed by atoms with Gasteiger partial charge in [0.15, 0.2) is 0 Å². The average Bonchev–Trinajstić information content (AvgIpc) is 2.63. The number of hydrogen-bond donors (Lipinski definition) is 3. The van der Waals surface area contributed by atoms with Gasteiger partial charge in [0, 0.05) is 17.4 Å². The van der Waals surface area contributed by atoms with E-state index in [9.17, 15) is 4.79 Å². The summed E-state index contributed by atoms with van der Waals surface area (Å²) in [5, 5.41) is 5.64. The van der Waals surface area contributed by atoms with Crippen LogP contribution in [0.15, 0.2) is 78.9 Å². The van der Waals surface area contributed by atoms with E-state index in [0.29, 0.717) is 18.0 Å². The number of urea groups is 1. The van der Waals surface area contributed by atoms with Gasteiger partial charge in [0.05, 0.1) is 0 Å². The van der Waals surface area contributed by atoms with Crippen LogP contribution in [0.2, 0.25) is 0 Å². The van der Waals surface area contributed by atoms with Gasteiger partial charge in [0.25, 0.3) is 0 Å². The van der Waals surface area contributed by atoms with Crippen LogP contribution in [0.25, 0.3) is 0 Å². The molecule has 0 aliphatic rings. The SMILES string of the molecule is NCCc1cccc(NC(=O)Nc2cccc(Oc3ccccc3)c2)c1. The normalized spacial score (nSPS) is 10.2. The van der Waals surface area contributed by atoms with E-state index in [0.717, 1.165) is 23.4 Å². The highest BCUT2D eigenvalue weighted by molar-refractivity contribution is 5.99. The summed E-state index contributed by atoms with van der Waals surface area (Å²) >= 11 is 0. The predicted molar refractivity (Wildman–Crippen MR) is 105 cm³/mol. The summed E-state index contributed by atoms with van der Waals surface area (Å²) in [5.41, 5.74) is 8.03. The van der Waals surface area contributed by atoms with E-state index in [1.165, 1.54) is 0 Å². The van der Waals surface area contributed by atoms with Crippen LogP contribution >= 0.6 is 0 Å². The van der Waals surface area contributed by atoms with E-state index in [2.05, 4.69) is 10.6 Å². The molecule has 2 amide bonds. The lowest BCUT2D eigenvalue weighted by Gasteiger charge is -2.10. The van der Waals surface area contributed by atoms with Crippen molar-refractivity contribution in [2.75, 3.05) is 17.2 Å². The Morgan fingerprint density at radius 2 is 1.46 bits per heavy atom. The van der Waals surface area contributed by atoms with E-state index in [1.54, 1.807) is 6.07 Å². The molecular formula is C21H21N3O2. The number of hydrogen-bond acceptors (Lipinski definition) is 3. The van der Waals surface area contributed by atoms with E-state index < -0.39 is 0 Å². The topological polar surface area (TPSA) is 76.4 Å². The van der Waals surface area contributed by atoms with E-state index in [1.807, 2.05) is 72.8 Å². The highest BCUT2D eigenvalue weighted by Crippen LogP contribution is 2.24. The molecule has 3 rings (SSSR count). The van der Waals surface area contributed by atoms with Crippen LogP contribution in [0.3, 0.4) is 0 Å². The Morgan fingerprint density at radius 1 is 0.808 bits per heavy atom. The number of carbonyl (C=O) groups is 1. The zero-order valence-corrected chi connectivity index (χ0v) is 14.3. The van der Waals surface area contributed by atoms with E-state index in [4.69, 9.17) is 10.5 Å². The van der Waals surface area contributed by atoms with Crippen molar-refractivity contribution in [3.63, 3.8) is 0 Å². The van der Waals surface area contributed by atoms with E-state index in [-0.39, 0.29) is 6.03 Å². The number of ether oxygens (including phenoxy) is 1. The van der Waals surface area contributed by atoms with Gasteiger partial charge >= 0.3 is 6.03 Å². The molecular weight excluding hydrogens is 326 g/mol. The number of carbonyl (C=O) groups excluding carboxylic acids is 1. The summed E-state index contributed by atoms with van der Waals surface area (Å²) in [6.07, 6.45) is 0.774. The number of anilines is 2. The molecule has 3 aromatic carbocycles. The van der Waals surface area contributed by atoms with Gasteiger partial charge in [0.2, 0.25) is 0 Å². The Hall–Kier alpha value is -3.31. The Bertz CT molecular complexity index is 866. The first-order valence-corrected chi connectivity index (χ1v) is 8.43. The molecule has 0 radical (unpaired) electrons. The second-order valence-corrected chi connectivity index (χ2v) is 5.76. The smallest absolute Gasteiger partial charge is 0.323 e. The summed E-state index contributed by atoms with van der Waals surface area (Å²) in [6.45, 7) is 0.573. The lowest BCUT2D eigenvalue weighted by molar-refractivity contribution is 0.262. The Balaban J connectivity index is 1.62. The van der Waals surface area contributed by atoms with Gasteiger partial charge in [-0.3, -0.25) is 0 Å². The fraction of sp³-hybridized carbons (Fsp3) is 0.0952. The third kappa shape index (κ3) is 5.09. The van der Waals surface area contributed by atoms with Gasteiger partial charge in [0.1, 0.15) is 11.5 Å². The fourth-order valence-corrected chi connectivity index (χ4v) is 2.53. The third-order valence-corrected chi connectivity index (χ3v) is 3.69. The molecule has 0 saturated carbocycles. The molecule has 5 nitrogen and oxygen atoms in total. The van der Waals surface area contributed by atoms with Crippen LogP contribution in [-0.2, 0) is 6.42 Å². The van der Waals surface area contributed by atoms with Gasteiger partial charge in [-0.05, 0) is 54.9 Å². The van der Waals surface area contributed by atoms with Crippen molar-refractivity contribution >= 4 is 17.4 Å². The van der Waals surface area contributed by atoms with Crippen LogP contribution in [0.1, 0.15) is 5.56 Å². The molecule has 0 bridgehead atoms. The van der Waals surface area contributed by atoms with Crippen molar-refractivity contribution in [1.82, 2.24) is 0 Å². The molecule has 0 saturated heterocycles. The van der Waals surface area contributed by atoms with Gasteiger partial charge in [-0.25, -0.2) is 4.79 Å². The summed E-state index contributed by atoms with van der Waals surface area (Å²) in [6, 6.07) is 24.1. The van der Waals surface area contributed by atoms with Gasteiger partial charge in [-0.1, -0.05) is 36.4 Å². The zero-order chi connectivity index (χ0) is 18.2.